The molecule has 84 valence electrons. The van der Waals surface area contributed by atoms with Crippen molar-refractivity contribution in [1.29, 1.82) is 0 Å². The molecule has 0 aliphatic carbocycles. The van der Waals surface area contributed by atoms with Crippen LogP contribution >= 0.6 is 0 Å². The van der Waals surface area contributed by atoms with E-state index in [1.54, 1.807) is 6.20 Å². The minimum absolute atomic E-state index is 0.870. The van der Waals surface area contributed by atoms with Gasteiger partial charge in [0.1, 0.15) is 0 Å². The van der Waals surface area contributed by atoms with Crippen LogP contribution in [0.25, 0.3) is 5.69 Å². The molecule has 1 N–H and O–H groups in total. The van der Waals surface area contributed by atoms with Gasteiger partial charge >= 0.3 is 0 Å². The summed E-state index contributed by atoms with van der Waals surface area (Å²) in [5, 5.41) is 3.28. The van der Waals surface area contributed by atoms with E-state index in [-0.39, 0.29) is 0 Å². The second-order valence-corrected chi connectivity index (χ2v) is 3.77. The second kappa shape index (κ2) is 4.79. The topological polar surface area (TPSA) is 42.7 Å². The maximum Gasteiger partial charge on any atom is 0.207 e. The molecule has 16 heavy (non-hydrogen) atoms. The summed E-state index contributed by atoms with van der Waals surface area (Å²) in [5.74, 6) is 0.870. The Balaban J connectivity index is 2.29. The summed E-state index contributed by atoms with van der Waals surface area (Å²) in [6, 6.07) is 2.09. The van der Waals surface area contributed by atoms with Crippen molar-refractivity contribution >= 4 is 5.95 Å². The van der Waals surface area contributed by atoms with E-state index < -0.39 is 0 Å². The van der Waals surface area contributed by atoms with Gasteiger partial charge in [0.05, 0.1) is 11.9 Å². The number of hydrogen-bond donors (Lipinski definition) is 1. The zero-order valence-corrected chi connectivity index (χ0v) is 9.64. The zero-order valence-electron chi connectivity index (χ0n) is 9.64. The number of pyridine rings is 1. The Bertz CT molecular complexity index is 462. The summed E-state index contributed by atoms with van der Waals surface area (Å²) < 4.78 is 2.01. The number of aromatic nitrogens is 3. The van der Waals surface area contributed by atoms with Crippen molar-refractivity contribution < 1.29 is 0 Å². The molecule has 0 aromatic carbocycles. The molecule has 4 heteroatoms. The van der Waals surface area contributed by atoms with E-state index in [0.29, 0.717) is 0 Å². The molecule has 0 bridgehead atoms. The van der Waals surface area contributed by atoms with Crippen molar-refractivity contribution in [2.45, 2.75) is 20.3 Å². The third-order valence-corrected chi connectivity index (χ3v) is 2.31. The summed E-state index contributed by atoms with van der Waals surface area (Å²) in [4.78, 5) is 8.47. The van der Waals surface area contributed by atoms with Crippen LogP contribution in [0.1, 0.15) is 18.9 Å². The van der Waals surface area contributed by atoms with Crippen molar-refractivity contribution in [1.82, 2.24) is 14.5 Å². The standard InChI is InChI=1S/C12H16N4/c1-3-4-14-12-15-5-6-16(12)11-7-10(2)8-13-9-11/h5-9H,3-4H2,1-2H3,(H,14,15). The SMILES string of the molecule is CCCNc1nccn1-c1cncc(C)c1. The van der Waals surface area contributed by atoms with Crippen LogP contribution in [0.5, 0.6) is 0 Å². The summed E-state index contributed by atoms with van der Waals surface area (Å²) in [6.45, 7) is 5.09. The normalized spacial score (nSPS) is 10.4. The molecule has 4 nitrogen and oxygen atoms in total. The molecule has 2 aromatic rings. The first kappa shape index (κ1) is 10.7. The van der Waals surface area contributed by atoms with Crippen LogP contribution < -0.4 is 5.32 Å². The van der Waals surface area contributed by atoms with E-state index in [2.05, 4.69) is 28.3 Å². The van der Waals surface area contributed by atoms with Crippen molar-refractivity contribution in [3.05, 3.63) is 36.4 Å². The molecule has 0 aliphatic rings. The molecule has 0 fully saturated rings. The average Bonchev–Trinajstić information content (AvgIpc) is 2.74. The number of nitrogens with zero attached hydrogens (tertiary/aromatic N) is 3. The monoisotopic (exact) mass is 216 g/mol. The van der Waals surface area contributed by atoms with Crippen molar-refractivity contribution in [3.63, 3.8) is 0 Å². The van der Waals surface area contributed by atoms with Gasteiger partial charge in [-0.25, -0.2) is 4.98 Å². The zero-order chi connectivity index (χ0) is 11.4. The van der Waals surface area contributed by atoms with Gasteiger partial charge in [0.2, 0.25) is 5.95 Å². The van der Waals surface area contributed by atoms with Gasteiger partial charge in [0.15, 0.2) is 0 Å². The minimum atomic E-state index is 0.870. The molecule has 0 unspecified atom stereocenters. The lowest BCUT2D eigenvalue weighted by molar-refractivity contribution is 0.933. The lowest BCUT2D eigenvalue weighted by Crippen LogP contribution is -2.06. The molecule has 0 saturated heterocycles. The molecule has 0 saturated carbocycles. The third kappa shape index (κ3) is 2.21. The molecule has 0 aliphatic heterocycles. The number of rotatable bonds is 4. The highest BCUT2D eigenvalue weighted by Gasteiger charge is 2.03. The third-order valence-electron chi connectivity index (χ3n) is 2.31. The highest BCUT2D eigenvalue weighted by molar-refractivity contribution is 5.41. The maximum absolute atomic E-state index is 4.28. The maximum atomic E-state index is 4.28. The Morgan fingerprint density at radius 2 is 2.25 bits per heavy atom. The predicted molar refractivity (Wildman–Crippen MR) is 64.9 cm³/mol. The van der Waals surface area contributed by atoms with E-state index in [9.17, 15) is 0 Å². The first-order valence-corrected chi connectivity index (χ1v) is 5.50. The average molecular weight is 216 g/mol. The summed E-state index contributed by atoms with van der Waals surface area (Å²) >= 11 is 0. The molecular weight excluding hydrogens is 200 g/mol. The fraction of sp³-hybridized carbons (Fsp3) is 0.333. The van der Waals surface area contributed by atoms with E-state index in [1.165, 1.54) is 0 Å². The number of imidazole rings is 1. The van der Waals surface area contributed by atoms with E-state index >= 15 is 0 Å². The van der Waals surface area contributed by atoms with E-state index in [1.807, 2.05) is 30.1 Å². The lowest BCUT2D eigenvalue weighted by atomic mass is 10.3. The highest BCUT2D eigenvalue weighted by Crippen LogP contribution is 2.14. The molecular formula is C12H16N4. The van der Waals surface area contributed by atoms with Gasteiger partial charge in [-0.3, -0.25) is 9.55 Å². The number of aryl methyl sites for hydroxylation is 1. The van der Waals surface area contributed by atoms with Crippen LogP contribution in [0, 0.1) is 6.92 Å². The Labute approximate surface area is 95.4 Å². The van der Waals surface area contributed by atoms with Gasteiger partial charge in [0.25, 0.3) is 0 Å². The summed E-state index contributed by atoms with van der Waals surface area (Å²) in [7, 11) is 0. The first-order valence-electron chi connectivity index (χ1n) is 5.50. The predicted octanol–water partition coefficient (Wildman–Crippen LogP) is 2.40. The van der Waals surface area contributed by atoms with E-state index in [0.717, 1.165) is 30.2 Å². The summed E-state index contributed by atoms with van der Waals surface area (Å²) in [6.07, 6.45) is 8.50. The second-order valence-electron chi connectivity index (χ2n) is 3.77. The van der Waals surface area contributed by atoms with Crippen LogP contribution in [0.4, 0.5) is 5.95 Å². The molecule has 0 amide bonds. The Morgan fingerprint density at radius 1 is 1.38 bits per heavy atom. The van der Waals surface area contributed by atoms with Crippen LogP contribution in [0.3, 0.4) is 0 Å². The van der Waals surface area contributed by atoms with Gasteiger partial charge in [-0.2, -0.15) is 0 Å². The van der Waals surface area contributed by atoms with Crippen LogP contribution in [-0.2, 0) is 0 Å². The number of hydrogen-bond acceptors (Lipinski definition) is 3. The Hall–Kier alpha value is -1.84. The fourth-order valence-electron chi connectivity index (χ4n) is 1.55. The van der Waals surface area contributed by atoms with Crippen molar-refractivity contribution in [2.24, 2.45) is 0 Å². The number of anilines is 1. The number of nitrogens with one attached hydrogen (secondary N) is 1. The van der Waals surface area contributed by atoms with Gasteiger partial charge in [-0.05, 0) is 25.0 Å². The lowest BCUT2D eigenvalue weighted by Gasteiger charge is -2.09. The summed E-state index contributed by atoms with van der Waals surface area (Å²) in [5.41, 5.74) is 2.18. The smallest absolute Gasteiger partial charge is 0.207 e. The minimum Gasteiger partial charge on any atom is -0.355 e. The van der Waals surface area contributed by atoms with Crippen molar-refractivity contribution in [3.8, 4) is 5.69 Å². The molecule has 0 radical (unpaired) electrons. The molecule has 2 heterocycles. The molecule has 2 rings (SSSR count). The van der Waals surface area contributed by atoms with Crippen molar-refractivity contribution in [2.75, 3.05) is 11.9 Å². The highest BCUT2D eigenvalue weighted by atomic mass is 15.2. The molecule has 2 aromatic heterocycles. The van der Waals surface area contributed by atoms with Crippen LogP contribution in [0.2, 0.25) is 0 Å². The van der Waals surface area contributed by atoms with Gasteiger partial charge < -0.3 is 5.32 Å². The van der Waals surface area contributed by atoms with Crippen LogP contribution in [-0.4, -0.2) is 21.1 Å². The quantitative estimate of drug-likeness (QED) is 0.853. The first-order chi connectivity index (χ1) is 7.81. The Kier molecular flexibility index (Phi) is 3.19. The van der Waals surface area contributed by atoms with Gasteiger partial charge in [-0.15, -0.1) is 0 Å². The van der Waals surface area contributed by atoms with E-state index in [4.69, 9.17) is 0 Å². The molecule has 0 spiro atoms. The molecule has 0 atom stereocenters. The van der Waals surface area contributed by atoms with Crippen LogP contribution in [0.15, 0.2) is 30.9 Å². The largest absolute Gasteiger partial charge is 0.355 e. The van der Waals surface area contributed by atoms with Gasteiger partial charge in [0, 0.05) is 25.1 Å². The van der Waals surface area contributed by atoms with Gasteiger partial charge in [-0.1, -0.05) is 6.92 Å². The Morgan fingerprint density at radius 3 is 3.00 bits per heavy atom. The fourth-order valence-corrected chi connectivity index (χ4v) is 1.55.